The van der Waals surface area contributed by atoms with E-state index >= 15 is 0 Å². The Bertz CT molecular complexity index is 256. The second kappa shape index (κ2) is 4.56. The van der Waals surface area contributed by atoms with E-state index < -0.39 is 0 Å². The van der Waals surface area contributed by atoms with Crippen LogP contribution in [0.15, 0.2) is 12.4 Å². The second-order valence-electron chi connectivity index (χ2n) is 2.34. The number of halogens is 1. The van der Waals surface area contributed by atoms with E-state index in [0.717, 1.165) is 9.52 Å². The number of hydrogen-bond acceptors (Lipinski definition) is 4. The topological polar surface area (TPSA) is 49.2 Å². The molecule has 0 amide bonds. The largest absolute Gasteiger partial charge is 0.395 e. The van der Waals surface area contributed by atoms with Crippen LogP contribution < -0.4 is 4.90 Å². The molecule has 0 saturated carbocycles. The molecule has 0 aliphatic carbocycles. The Morgan fingerprint density at radius 2 is 2.33 bits per heavy atom. The fourth-order valence-electron chi connectivity index (χ4n) is 0.798. The Labute approximate surface area is 84.8 Å². The predicted octanol–water partition coefficient (Wildman–Crippen LogP) is 0.510. The Balaban J connectivity index is 2.73. The number of anilines is 1. The molecule has 1 aromatic heterocycles. The molecule has 0 radical (unpaired) electrons. The Morgan fingerprint density at radius 3 is 2.92 bits per heavy atom. The lowest BCUT2D eigenvalue weighted by molar-refractivity contribution is 0.304. The van der Waals surface area contributed by atoms with Crippen molar-refractivity contribution in [1.29, 1.82) is 0 Å². The van der Waals surface area contributed by atoms with Crippen molar-refractivity contribution < 1.29 is 5.11 Å². The minimum Gasteiger partial charge on any atom is -0.395 e. The third-order valence-corrected chi connectivity index (χ3v) is 2.04. The van der Waals surface area contributed by atoms with Gasteiger partial charge in [-0.3, -0.25) is 0 Å². The summed E-state index contributed by atoms with van der Waals surface area (Å²) < 4.78 is 0.905. The van der Waals surface area contributed by atoms with Gasteiger partial charge in [-0.1, -0.05) is 0 Å². The highest BCUT2D eigenvalue weighted by atomic mass is 127. The molecule has 4 nitrogen and oxygen atoms in total. The summed E-state index contributed by atoms with van der Waals surface area (Å²) in [7, 11) is 1.88. The van der Waals surface area contributed by atoms with Gasteiger partial charge in [0.1, 0.15) is 15.8 Å². The highest BCUT2D eigenvalue weighted by Gasteiger charge is 2.01. The Hall–Kier alpha value is -0.430. The maximum absolute atomic E-state index is 8.68. The molecule has 0 aromatic carbocycles. The molecule has 0 saturated heterocycles. The van der Waals surface area contributed by atoms with Crippen LogP contribution in [0.3, 0.4) is 0 Å². The van der Waals surface area contributed by atoms with E-state index in [4.69, 9.17) is 5.11 Å². The van der Waals surface area contributed by atoms with Gasteiger partial charge in [0.15, 0.2) is 0 Å². The summed E-state index contributed by atoms with van der Waals surface area (Å²) in [6.07, 6.45) is 1.52. The van der Waals surface area contributed by atoms with Gasteiger partial charge in [0, 0.05) is 19.7 Å². The van der Waals surface area contributed by atoms with E-state index in [-0.39, 0.29) is 6.61 Å². The third kappa shape index (κ3) is 2.56. The molecule has 12 heavy (non-hydrogen) atoms. The molecule has 0 atom stereocenters. The monoisotopic (exact) mass is 279 g/mol. The summed E-state index contributed by atoms with van der Waals surface area (Å²) in [5.74, 6) is 0.837. The molecular formula is C7H10IN3O. The van der Waals surface area contributed by atoms with Crippen LogP contribution in [0.2, 0.25) is 0 Å². The normalized spacial score (nSPS) is 9.92. The van der Waals surface area contributed by atoms with E-state index in [1.165, 1.54) is 6.33 Å². The predicted molar refractivity (Wildman–Crippen MR) is 55.1 cm³/mol. The molecule has 0 aliphatic rings. The van der Waals surface area contributed by atoms with Crippen molar-refractivity contribution in [2.75, 3.05) is 25.1 Å². The van der Waals surface area contributed by atoms with E-state index in [1.807, 2.05) is 18.0 Å². The zero-order valence-electron chi connectivity index (χ0n) is 6.74. The molecule has 1 N–H and O–H groups in total. The fraction of sp³-hybridized carbons (Fsp3) is 0.429. The third-order valence-electron chi connectivity index (χ3n) is 1.45. The molecule has 0 fully saturated rings. The van der Waals surface area contributed by atoms with Crippen LogP contribution >= 0.6 is 22.6 Å². The lowest BCUT2D eigenvalue weighted by Gasteiger charge is -2.15. The van der Waals surface area contributed by atoms with Gasteiger partial charge < -0.3 is 10.0 Å². The van der Waals surface area contributed by atoms with Gasteiger partial charge in [0.25, 0.3) is 0 Å². The van der Waals surface area contributed by atoms with Crippen molar-refractivity contribution in [2.45, 2.75) is 0 Å². The summed E-state index contributed by atoms with van der Waals surface area (Å²) in [4.78, 5) is 9.90. The van der Waals surface area contributed by atoms with Crippen LogP contribution in [0, 0.1) is 3.70 Å². The van der Waals surface area contributed by atoms with Crippen molar-refractivity contribution in [3.8, 4) is 0 Å². The van der Waals surface area contributed by atoms with E-state index in [1.54, 1.807) is 0 Å². The summed E-state index contributed by atoms with van der Waals surface area (Å²) in [5, 5.41) is 8.68. The smallest absolute Gasteiger partial charge is 0.132 e. The number of rotatable bonds is 3. The number of aliphatic hydroxyl groups is 1. The molecule has 1 aromatic rings. The molecule has 0 aliphatic heterocycles. The van der Waals surface area contributed by atoms with Crippen LogP contribution in [-0.4, -0.2) is 35.3 Å². The number of nitrogens with zero attached hydrogens (tertiary/aromatic N) is 3. The molecular weight excluding hydrogens is 269 g/mol. The average Bonchev–Trinajstić information content (AvgIpc) is 2.05. The van der Waals surface area contributed by atoms with Crippen molar-refractivity contribution in [3.05, 3.63) is 16.1 Å². The van der Waals surface area contributed by atoms with Gasteiger partial charge in [-0.15, -0.1) is 0 Å². The van der Waals surface area contributed by atoms with Gasteiger partial charge in [-0.25, -0.2) is 9.97 Å². The molecule has 5 heteroatoms. The molecule has 66 valence electrons. The summed E-state index contributed by atoms with van der Waals surface area (Å²) in [5.41, 5.74) is 0. The Kier molecular flexibility index (Phi) is 3.67. The number of aliphatic hydroxyl groups excluding tert-OH is 1. The Morgan fingerprint density at radius 1 is 1.58 bits per heavy atom. The first-order chi connectivity index (χ1) is 5.74. The minimum absolute atomic E-state index is 0.136. The van der Waals surface area contributed by atoms with Gasteiger partial charge in [0.05, 0.1) is 6.61 Å². The first-order valence-corrected chi connectivity index (χ1v) is 4.61. The van der Waals surface area contributed by atoms with Crippen molar-refractivity contribution in [3.63, 3.8) is 0 Å². The zero-order valence-corrected chi connectivity index (χ0v) is 8.89. The van der Waals surface area contributed by atoms with Gasteiger partial charge in [-0.05, 0) is 22.6 Å². The maximum Gasteiger partial charge on any atom is 0.132 e. The van der Waals surface area contributed by atoms with E-state index in [2.05, 4.69) is 32.6 Å². The van der Waals surface area contributed by atoms with E-state index in [0.29, 0.717) is 6.54 Å². The first-order valence-electron chi connectivity index (χ1n) is 3.53. The van der Waals surface area contributed by atoms with Crippen LogP contribution in [0.4, 0.5) is 5.82 Å². The quantitative estimate of drug-likeness (QED) is 0.647. The van der Waals surface area contributed by atoms with Crippen molar-refractivity contribution >= 4 is 28.4 Å². The van der Waals surface area contributed by atoms with E-state index in [9.17, 15) is 0 Å². The summed E-state index contributed by atoms with van der Waals surface area (Å²) >= 11 is 2.13. The summed E-state index contributed by atoms with van der Waals surface area (Å²) in [6.45, 7) is 0.726. The zero-order chi connectivity index (χ0) is 8.97. The number of aromatic nitrogens is 2. The van der Waals surface area contributed by atoms with Crippen LogP contribution in [0.25, 0.3) is 0 Å². The highest BCUT2D eigenvalue weighted by molar-refractivity contribution is 14.1. The fourth-order valence-corrected chi connectivity index (χ4v) is 1.20. The van der Waals surface area contributed by atoms with Gasteiger partial charge in [0.2, 0.25) is 0 Å². The highest BCUT2D eigenvalue weighted by Crippen LogP contribution is 2.09. The number of likely N-dealkylation sites (N-methyl/N-ethyl adjacent to an activating group) is 1. The molecule has 1 rings (SSSR count). The molecule has 0 bridgehead atoms. The van der Waals surface area contributed by atoms with Crippen LogP contribution in [0.1, 0.15) is 0 Å². The SMILES string of the molecule is CN(CCO)c1cc(I)ncn1. The van der Waals surface area contributed by atoms with Crippen LogP contribution in [-0.2, 0) is 0 Å². The lowest BCUT2D eigenvalue weighted by atomic mass is 10.5. The molecule has 0 unspecified atom stereocenters. The average molecular weight is 279 g/mol. The van der Waals surface area contributed by atoms with Crippen molar-refractivity contribution in [1.82, 2.24) is 9.97 Å². The first kappa shape index (κ1) is 9.66. The second-order valence-corrected chi connectivity index (χ2v) is 3.45. The van der Waals surface area contributed by atoms with Gasteiger partial charge >= 0.3 is 0 Å². The summed E-state index contributed by atoms with van der Waals surface area (Å²) in [6, 6.07) is 1.87. The van der Waals surface area contributed by atoms with Gasteiger partial charge in [-0.2, -0.15) is 0 Å². The van der Waals surface area contributed by atoms with Crippen LogP contribution in [0.5, 0.6) is 0 Å². The molecule has 1 heterocycles. The maximum atomic E-state index is 8.68. The minimum atomic E-state index is 0.136. The number of hydrogen-bond donors (Lipinski definition) is 1. The lowest BCUT2D eigenvalue weighted by Crippen LogP contribution is -2.22. The standard InChI is InChI=1S/C7H10IN3O/c1-11(2-3-12)7-4-6(8)9-5-10-7/h4-5,12H,2-3H2,1H3. The molecule has 0 spiro atoms. The van der Waals surface area contributed by atoms with Crippen molar-refractivity contribution in [2.24, 2.45) is 0 Å².